The fraction of sp³-hybridized carbons (Fsp3) is 0.0769. The molecule has 7 heteroatoms. The first-order valence-corrected chi connectivity index (χ1v) is 5.93. The van der Waals surface area contributed by atoms with Gasteiger partial charge in [0.05, 0.1) is 16.0 Å². The highest BCUT2D eigenvalue weighted by molar-refractivity contribution is 6.31. The van der Waals surface area contributed by atoms with Crippen molar-refractivity contribution in [3.63, 3.8) is 0 Å². The normalized spacial score (nSPS) is 10.4. The summed E-state index contributed by atoms with van der Waals surface area (Å²) in [7, 11) is 0. The van der Waals surface area contributed by atoms with Crippen LogP contribution in [0.2, 0.25) is 5.02 Å². The molecule has 2 rings (SSSR count). The van der Waals surface area contributed by atoms with E-state index < -0.39 is 22.2 Å². The molecule has 0 atom stereocenters. The molecule has 0 saturated heterocycles. The Balaban J connectivity index is 2.44. The lowest BCUT2D eigenvalue weighted by Gasteiger charge is -2.09. The minimum Gasteiger partial charge on any atom is -0.350 e. The van der Waals surface area contributed by atoms with Gasteiger partial charge in [-0.05, 0) is 36.8 Å². The van der Waals surface area contributed by atoms with Crippen LogP contribution in [-0.4, -0.2) is 4.92 Å². The SMILES string of the molecule is Cc1cc(Nc2ccc(F)c(Cl)c2)c([N+](=O)[O-])cc1F. The van der Waals surface area contributed by atoms with Gasteiger partial charge in [0.1, 0.15) is 17.3 Å². The minimum absolute atomic E-state index is 0.108. The van der Waals surface area contributed by atoms with Crippen molar-refractivity contribution >= 4 is 28.7 Å². The van der Waals surface area contributed by atoms with Crippen molar-refractivity contribution in [2.24, 2.45) is 0 Å². The number of hydrogen-bond acceptors (Lipinski definition) is 3. The lowest BCUT2D eigenvalue weighted by atomic mass is 10.1. The second-order valence-corrected chi connectivity index (χ2v) is 4.54. The summed E-state index contributed by atoms with van der Waals surface area (Å²) < 4.78 is 26.4. The Morgan fingerprint density at radius 1 is 1.20 bits per heavy atom. The summed E-state index contributed by atoms with van der Waals surface area (Å²) in [5.74, 6) is -1.26. The maximum Gasteiger partial charge on any atom is 0.295 e. The number of benzene rings is 2. The second kappa shape index (κ2) is 5.42. The average molecular weight is 299 g/mol. The second-order valence-electron chi connectivity index (χ2n) is 4.13. The van der Waals surface area contributed by atoms with Gasteiger partial charge < -0.3 is 5.32 Å². The summed E-state index contributed by atoms with van der Waals surface area (Å²) >= 11 is 5.63. The van der Waals surface area contributed by atoms with Crippen molar-refractivity contribution < 1.29 is 13.7 Å². The first-order valence-electron chi connectivity index (χ1n) is 5.55. The molecule has 20 heavy (non-hydrogen) atoms. The highest BCUT2D eigenvalue weighted by atomic mass is 35.5. The number of nitrogens with zero attached hydrogens (tertiary/aromatic N) is 1. The number of halogens is 3. The van der Waals surface area contributed by atoms with Gasteiger partial charge in [-0.2, -0.15) is 0 Å². The van der Waals surface area contributed by atoms with Crippen molar-refractivity contribution in [1.82, 2.24) is 0 Å². The van der Waals surface area contributed by atoms with Gasteiger partial charge in [0.15, 0.2) is 0 Å². The van der Waals surface area contributed by atoms with Gasteiger partial charge in [-0.25, -0.2) is 8.78 Å². The molecule has 0 aliphatic carbocycles. The summed E-state index contributed by atoms with van der Waals surface area (Å²) in [6.45, 7) is 1.49. The number of anilines is 2. The van der Waals surface area contributed by atoms with E-state index in [1.54, 1.807) is 0 Å². The van der Waals surface area contributed by atoms with Gasteiger partial charge in [-0.3, -0.25) is 10.1 Å². The zero-order chi connectivity index (χ0) is 14.9. The highest BCUT2D eigenvalue weighted by Gasteiger charge is 2.17. The molecule has 2 aromatic carbocycles. The molecule has 0 unspecified atom stereocenters. The van der Waals surface area contributed by atoms with Crippen molar-refractivity contribution in [2.75, 3.05) is 5.32 Å². The van der Waals surface area contributed by atoms with Crippen LogP contribution in [0.3, 0.4) is 0 Å². The summed E-state index contributed by atoms with van der Waals surface area (Å²) in [5, 5.41) is 13.5. The van der Waals surface area contributed by atoms with Gasteiger partial charge in [-0.15, -0.1) is 0 Å². The zero-order valence-electron chi connectivity index (χ0n) is 10.3. The Labute approximate surface area is 118 Å². The van der Waals surface area contributed by atoms with E-state index in [1.807, 2.05) is 0 Å². The molecule has 0 saturated carbocycles. The number of nitrogens with one attached hydrogen (secondary N) is 1. The van der Waals surface area contributed by atoms with E-state index in [1.165, 1.54) is 25.1 Å². The smallest absolute Gasteiger partial charge is 0.295 e. The highest BCUT2D eigenvalue weighted by Crippen LogP contribution is 2.31. The summed E-state index contributed by atoms with van der Waals surface area (Å²) in [6.07, 6.45) is 0. The standard InChI is InChI=1S/C13H9ClF2N2O2/c1-7-4-12(13(18(19)20)6-11(7)16)17-8-2-3-10(15)9(14)5-8/h2-6,17H,1H3. The molecule has 0 aromatic heterocycles. The molecule has 0 amide bonds. The molecule has 0 radical (unpaired) electrons. The lowest BCUT2D eigenvalue weighted by Crippen LogP contribution is -1.99. The number of hydrogen-bond donors (Lipinski definition) is 1. The molecular formula is C13H9ClF2N2O2. The maximum atomic E-state index is 13.4. The van der Waals surface area contributed by atoms with E-state index in [-0.39, 0.29) is 16.3 Å². The third-order valence-corrected chi connectivity index (χ3v) is 2.96. The molecule has 2 aromatic rings. The van der Waals surface area contributed by atoms with Gasteiger partial charge in [0.25, 0.3) is 5.69 Å². The predicted molar refractivity (Wildman–Crippen MR) is 72.5 cm³/mol. The van der Waals surface area contributed by atoms with Crippen LogP contribution in [-0.2, 0) is 0 Å². The van der Waals surface area contributed by atoms with E-state index in [0.717, 1.165) is 12.1 Å². The van der Waals surface area contributed by atoms with E-state index in [4.69, 9.17) is 11.6 Å². The number of rotatable bonds is 3. The fourth-order valence-electron chi connectivity index (χ4n) is 1.65. The number of nitro groups is 1. The average Bonchev–Trinajstić information content (AvgIpc) is 2.37. The van der Waals surface area contributed by atoms with Gasteiger partial charge in [0, 0.05) is 5.69 Å². The topological polar surface area (TPSA) is 55.2 Å². The molecule has 1 N–H and O–H groups in total. The third kappa shape index (κ3) is 2.85. The van der Waals surface area contributed by atoms with Gasteiger partial charge in [0.2, 0.25) is 0 Å². The van der Waals surface area contributed by atoms with Crippen molar-refractivity contribution in [3.05, 3.63) is 62.7 Å². The van der Waals surface area contributed by atoms with Crippen LogP contribution in [0, 0.1) is 28.7 Å². The number of nitro benzene ring substituents is 1. The predicted octanol–water partition coefficient (Wildman–Crippen LogP) is 4.58. The third-order valence-electron chi connectivity index (χ3n) is 2.67. The van der Waals surface area contributed by atoms with Crippen molar-refractivity contribution in [1.29, 1.82) is 0 Å². The Bertz CT molecular complexity index is 692. The van der Waals surface area contributed by atoms with E-state index in [9.17, 15) is 18.9 Å². The molecule has 4 nitrogen and oxygen atoms in total. The lowest BCUT2D eigenvalue weighted by molar-refractivity contribution is -0.384. The van der Waals surface area contributed by atoms with E-state index in [2.05, 4.69) is 5.32 Å². The van der Waals surface area contributed by atoms with E-state index in [0.29, 0.717) is 5.69 Å². The molecule has 104 valence electrons. The van der Waals surface area contributed by atoms with Crippen LogP contribution >= 0.6 is 11.6 Å². The molecule has 0 spiro atoms. The molecular weight excluding hydrogens is 290 g/mol. The monoisotopic (exact) mass is 298 g/mol. The summed E-state index contributed by atoms with van der Waals surface area (Å²) in [4.78, 5) is 10.2. The van der Waals surface area contributed by atoms with Crippen LogP contribution in [0.15, 0.2) is 30.3 Å². The maximum absolute atomic E-state index is 13.4. The number of aryl methyl sites for hydroxylation is 1. The quantitative estimate of drug-likeness (QED) is 0.666. The van der Waals surface area contributed by atoms with Crippen molar-refractivity contribution in [2.45, 2.75) is 6.92 Å². The van der Waals surface area contributed by atoms with Crippen LogP contribution in [0.1, 0.15) is 5.56 Å². The first kappa shape index (κ1) is 14.2. The van der Waals surface area contributed by atoms with E-state index >= 15 is 0 Å². The molecule has 0 aliphatic heterocycles. The molecule has 0 fully saturated rings. The van der Waals surface area contributed by atoms with Crippen LogP contribution in [0.4, 0.5) is 25.8 Å². The van der Waals surface area contributed by atoms with Gasteiger partial charge in [-0.1, -0.05) is 11.6 Å². The molecule has 0 heterocycles. The first-order chi connectivity index (χ1) is 9.38. The van der Waals surface area contributed by atoms with Crippen LogP contribution in [0.25, 0.3) is 0 Å². The zero-order valence-corrected chi connectivity index (χ0v) is 11.0. The van der Waals surface area contributed by atoms with Crippen molar-refractivity contribution in [3.8, 4) is 0 Å². The summed E-state index contributed by atoms with van der Waals surface area (Å²) in [5.41, 5.74) is 0.321. The van der Waals surface area contributed by atoms with Crippen LogP contribution in [0.5, 0.6) is 0 Å². The molecule has 0 aliphatic rings. The summed E-state index contributed by atoms with van der Waals surface area (Å²) in [6, 6.07) is 5.95. The Kier molecular flexibility index (Phi) is 3.85. The Morgan fingerprint density at radius 3 is 2.50 bits per heavy atom. The fourth-order valence-corrected chi connectivity index (χ4v) is 1.83. The largest absolute Gasteiger partial charge is 0.350 e. The van der Waals surface area contributed by atoms with Gasteiger partial charge >= 0.3 is 0 Å². The minimum atomic E-state index is -0.698. The Morgan fingerprint density at radius 2 is 1.90 bits per heavy atom. The Hall–Kier alpha value is -2.21. The molecule has 0 bridgehead atoms. The van der Waals surface area contributed by atoms with Crippen LogP contribution < -0.4 is 5.32 Å².